The van der Waals surface area contributed by atoms with E-state index in [2.05, 4.69) is 15.6 Å². The number of furan rings is 1. The summed E-state index contributed by atoms with van der Waals surface area (Å²) in [5, 5.41) is 5.87. The van der Waals surface area contributed by atoms with Crippen LogP contribution in [0.25, 0.3) is 10.9 Å². The van der Waals surface area contributed by atoms with Crippen LogP contribution in [0.15, 0.2) is 53.3 Å². The van der Waals surface area contributed by atoms with Crippen molar-refractivity contribution in [2.75, 3.05) is 0 Å². The van der Waals surface area contributed by atoms with Crippen LogP contribution in [-0.4, -0.2) is 38.4 Å². The van der Waals surface area contributed by atoms with Crippen LogP contribution < -0.4 is 10.6 Å². The number of hydrogen-bond donors (Lipinski definition) is 5. The first-order valence-corrected chi connectivity index (χ1v) is 11.6. The van der Waals surface area contributed by atoms with Gasteiger partial charge in [0.1, 0.15) is 11.8 Å². The summed E-state index contributed by atoms with van der Waals surface area (Å²) in [6, 6.07) is 9.41. The smallest absolute Gasteiger partial charge is 0.347 e. The Kier molecular flexibility index (Phi) is 7.00. The van der Waals surface area contributed by atoms with Crippen LogP contribution in [0.3, 0.4) is 0 Å². The highest BCUT2D eigenvalue weighted by atomic mass is 31.2. The van der Waals surface area contributed by atoms with E-state index in [1.807, 2.05) is 38.1 Å². The van der Waals surface area contributed by atoms with Gasteiger partial charge >= 0.3 is 7.60 Å². The van der Waals surface area contributed by atoms with Gasteiger partial charge in [-0.1, -0.05) is 32.0 Å². The SMILES string of the molecule is CC(C)C[C@@H](NC(=O)c1ccco1)C(=O)N[C@H](Cc1c[nH]c2ccccc12)P(=O)(O)O. The predicted octanol–water partition coefficient (Wildman–Crippen LogP) is 2.77. The number of aromatic amines is 1. The van der Waals surface area contributed by atoms with Gasteiger partial charge in [0.15, 0.2) is 5.76 Å². The topological polar surface area (TPSA) is 145 Å². The van der Waals surface area contributed by atoms with Crippen molar-refractivity contribution in [3.05, 3.63) is 60.2 Å². The van der Waals surface area contributed by atoms with Gasteiger partial charge in [0.25, 0.3) is 5.91 Å². The molecule has 0 fully saturated rings. The highest BCUT2D eigenvalue weighted by Crippen LogP contribution is 2.42. The highest BCUT2D eigenvalue weighted by molar-refractivity contribution is 7.52. The maximum Gasteiger partial charge on any atom is 0.347 e. The first-order chi connectivity index (χ1) is 14.6. The Morgan fingerprint density at radius 3 is 2.52 bits per heavy atom. The van der Waals surface area contributed by atoms with Crippen LogP contribution in [0.5, 0.6) is 0 Å². The van der Waals surface area contributed by atoms with Crippen LogP contribution in [0.2, 0.25) is 0 Å². The van der Waals surface area contributed by atoms with Crippen LogP contribution in [0.4, 0.5) is 0 Å². The Labute approximate surface area is 179 Å². The number of nitrogens with one attached hydrogen (secondary N) is 3. The number of para-hydroxylation sites is 1. The fourth-order valence-electron chi connectivity index (χ4n) is 3.37. The standard InChI is InChI=1S/C21H26N3O6P/c1-13(2)10-17(23-21(26)18-8-5-9-30-18)20(25)24-19(31(27,28)29)11-14-12-22-16-7-4-3-6-15(14)16/h3-9,12-13,17,19,22H,10-11H2,1-2H3,(H,23,26)(H,24,25)(H2,27,28,29)/t17-,19+/m1/s1. The third kappa shape index (κ3) is 5.85. The van der Waals surface area contributed by atoms with E-state index in [0.29, 0.717) is 12.0 Å². The third-order valence-electron chi connectivity index (χ3n) is 4.88. The summed E-state index contributed by atoms with van der Waals surface area (Å²) in [7, 11) is -4.68. The summed E-state index contributed by atoms with van der Waals surface area (Å²) in [6.45, 7) is 3.76. The summed E-state index contributed by atoms with van der Waals surface area (Å²) in [6.07, 6.45) is 3.24. The van der Waals surface area contributed by atoms with E-state index in [9.17, 15) is 23.9 Å². The van der Waals surface area contributed by atoms with Gasteiger partial charge < -0.3 is 29.8 Å². The molecule has 0 bridgehead atoms. The van der Waals surface area contributed by atoms with Crippen molar-refractivity contribution in [1.82, 2.24) is 15.6 Å². The quantitative estimate of drug-likeness (QED) is 0.319. The second-order valence-electron chi connectivity index (χ2n) is 7.81. The number of hydrogen-bond acceptors (Lipinski definition) is 4. The van der Waals surface area contributed by atoms with Gasteiger partial charge in [-0.05, 0) is 36.1 Å². The number of H-pyrrole nitrogens is 1. The molecule has 0 unspecified atom stereocenters. The molecule has 2 heterocycles. The van der Waals surface area contributed by atoms with Crippen molar-refractivity contribution < 1.29 is 28.4 Å². The van der Waals surface area contributed by atoms with Gasteiger partial charge in [0.05, 0.1) is 6.26 Å². The Balaban J connectivity index is 1.78. The van der Waals surface area contributed by atoms with E-state index in [1.165, 1.54) is 12.3 Å². The number of carbonyl (C=O) groups is 2. The summed E-state index contributed by atoms with van der Waals surface area (Å²) in [5.74, 6) is -2.58. The number of benzene rings is 1. The minimum Gasteiger partial charge on any atom is -0.459 e. The average molecular weight is 447 g/mol. The molecular weight excluding hydrogens is 421 g/mol. The molecule has 0 saturated carbocycles. The molecule has 5 N–H and O–H groups in total. The minimum atomic E-state index is -4.68. The van der Waals surface area contributed by atoms with Crippen LogP contribution in [-0.2, 0) is 15.8 Å². The maximum absolute atomic E-state index is 12.9. The van der Waals surface area contributed by atoms with E-state index in [-0.39, 0.29) is 18.1 Å². The van der Waals surface area contributed by atoms with Crippen molar-refractivity contribution in [1.29, 1.82) is 0 Å². The van der Waals surface area contributed by atoms with Gasteiger partial charge in [-0.2, -0.15) is 0 Å². The Hall–Kier alpha value is -2.87. The molecule has 2 atom stereocenters. The summed E-state index contributed by atoms with van der Waals surface area (Å²) >= 11 is 0. The van der Waals surface area contributed by atoms with Gasteiger partial charge in [0, 0.05) is 23.5 Å². The van der Waals surface area contributed by atoms with E-state index < -0.39 is 31.2 Å². The molecule has 0 radical (unpaired) electrons. The Bertz CT molecular complexity index is 1090. The van der Waals surface area contributed by atoms with Crippen LogP contribution >= 0.6 is 7.60 Å². The van der Waals surface area contributed by atoms with E-state index in [1.54, 1.807) is 12.3 Å². The second kappa shape index (κ2) is 9.51. The fraction of sp³-hybridized carbons (Fsp3) is 0.333. The average Bonchev–Trinajstić information content (AvgIpc) is 3.36. The zero-order valence-electron chi connectivity index (χ0n) is 17.2. The summed E-state index contributed by atoms with van der Waals surface area (Å²) in [4.78, 5) is 48.1. The molecule has 0 spiro atoms. The van der Waals surface area contributed by atoms with Crippen molar-refractivity contribution >= 4 is 30.3 Å². The number of aromatic nitrogens is 1. The van der Waals surface area contributed by atoms with E-state index >= 15 is 0 Å². The summed E-state index contributed by atoms with van der Waals surface area (Å²) < 4.78 is 17.2. The van der Waals surface area contributed by atoms with Crippen LogP contribution in [0.1, 0.15) is 36.4 Å². The van der Waals surface area contributed by atoms with E-state index in [4.69, 9.17) is 4.42 Å². The molecule has 0 aliphatic heterocycles. The molecule has 2 aromatic heterocycles. The zero-order valence-corrected chi connectivity index (χ0v) is 18.1. The number of amides is 2. The molecular formula is C21H26N3O6P. The van der Waals surface area contributed by atoms with Crippen molar-refractivity contribution in [3.8, 4) is 0 Å². The monoisotopic (exact) mass is 447 g/mol. The lowest BCUT2D eigenvalue weighted by molar-refractivity contribution is -0.123. The van der Waals surface area contributed by atoms with Crippen molar-refractivity contribution in [2.45, 2.75) is 38.5 Å². The molecule has 3 rings (SSSR count). The lowest BCUT2D eigenvalue weighted by Gasteiger charge is -2.24. The molecule has 9 nitrogen and oxygen atoms in total. The Morgan fingerprint density at radius 1 is 1.13 bits per heavy atom. The molecule has 2 amide bonds. The normalized spacial score (nSPS) is 13.8. The zero-order chi connectivity index (χ0) is 22.6. The Morgan fingerprint density at radius 2 is 1.87 bits per heavy atom. The number of fused-ring (bicyclic) bond motifs is 1. The third-order valence-corrected chi connectivity index (χ3v) is 6.00. The van der Waals surface area contributed by atoms with Crippen molar-refractivity contribution in [3.63, 3.8) is 0 Å². The minimum absolute atomic E-state index is 0.0480. The molecule has 0 saturated heterocycles. The van der Waals surface area contributed by atoms with Gasteiger partial charge in [-0.25, -0.2) is 0 Å². The number of carbonyl (C=O) groups excluding carboxylic acids is 2. The molecule has 3 aromatic rings. The summed E-state index contributed by atoms with van der Waals surface area (Å²) in [5.41, 5.74) is 1.50. The highest BCUT2D eigenvalue weighted by Gasteiger charge is 2.34. The maximum atomic E-state index is 12.9. The first-order valence-electron chi connectivity index (χ1n) is 9.90. The molecule has 1 aromatic carbocycles. The predicted molar refractivity (Wildman–Crippen MR) is 115 cm³/mol. The lowest BCUT2D eigenvalue weighted by atomic mass is 10.0. The fourth-order valence-corrected chi connectivity index (χ4v) is 4.10. The molecule has 0 aliphatic rings. The molecule has 166 valence electrons. The molecule has 0 aliphatic carbocycles. The first kappa shape index (κ1) is 22.8. The lowest BCUT2D eigenvalue weighted by Crippen LogP contribution is -2.50. The van der Waals surface area contributed by atoms with Gasteiger partial charge in [-0.15, -0.1) is 0 Å². The molecule has 10 heteroatoms. The van der Waals surface area contributed by atoms with Gasteiger partial charge in [-0.3, -0.25) is 14.2 Å². The largest absolute Gasteiger partial charge is 0.459 e. The molecule has 31 heavy (non-hydrogen) atoms. The van der Waals surface area contributed by atoms with Crippen molar-refractivity contribution in [2.24, 2.45) is 5.92 Å². The second-order valence-corrected chi connectivity index (χ2v) is 9.61. The van der Waals surface area contributed by atoms with Crippen LogP contribution in [0, 0.1) is 5.92 Å². The number of rotatable bonds is 9. The van der Waals surface area contributed by atoms with Gasteiger partial charge in [0.2, 0.25) is 5.91 Å². The van der Waals surface area contributed by atoms with E-state index in [0.717, 1.165) is 10.9 Å².